The number of fused-ring (bicyclic) bond motifs is 2. The van der Waals surface area contributed by atoms with Crippen LogP contribution in [0.3, 0.4) is 0 Å². The third kappa shape index (κ3) is 3.45. The molecule has 1 N–H and O–H groups in total. The zero-order chi connectivity index (χ0) is 19.7. The first kappa shape index (κ1) is 18.4. The van der Waals surface area contributed by atoms with Crippen molar-refractivity contribution in [1.82, 2.24) is 9.13 Å². The molecule has 0 radical (unpaired) electrons. The van der Waals surface area contributed by atoms with Crippen molar-refractivity contribution in [3.05, 3.63) is 51.9 Å². The van der Waals surface area contributed by atoms with Crippen LogP contribution in [0.5, 0.6) is 11.5 Å². The molecule has 0 bridgehead atoms. The Morgan fingerprint density at radius 3 is 2.57 bits per heavy atom. The number of nitrogens with zero attached hydrogens (tertiary/aromatic N) is 2. The second-order valence-electron chi connectivity index (χ2n) is 6.61. The predicted octanol–water partition coefficient (Wildman–Crippen LogP) is 3.18. The number of hydrogen-bond donors (Lipinski definition) is 1. The molecule has 1 aliphatic heterocycles. The molecule has 0 atom stereocenters. The monoisotopic (exact) mass is 401 g/mol. The van der Waals surface area contributed by atoms with Gasteiger partial charge in [0, 0.05) is 38.6 Å². The average Bonchev–Trinajstić information content (AvgIpc) is 2.83. The lowest BCUT2D eigenvalue weighted by molar-refractivity contribution is -0.116. The lowest BCUT2D eigenvalue weighted by Gasteiger charge is -2.12. The fourth-order valence-electron chi connectivity index (χ4n) is 3.29. The minimum absolute atomic E-state index is 0.138. The second-order valence-corrected chi connectivity index (χ2v) is 7.02. The number of para-hydroxylation sites is 2. The fourth-order valence-corrected chi connectivity index (χ4v) is 3.49. The van der Waals surface area contributed by atoms with Crippen molar-refractivity contribution in [3.63, 3.8) is 0 Å². The van der Waals surface area contributed by atoms with Gasteiger partial charge in [0.2, 0.25) is 5.91 Å². The summed E-state index contributed by atoms with van der Waals surface area (Å²) < 4.78 is 14.4. The largest absolute Gasteiger partial charge is 0.490 e. The van der Waals surface area contributed by atoms with Crippen molar-refractivity contribution in [2.24, 2.45) is 7.05 Å². The number of ether oxygens (including phenoxy) is 2. The van der Waals surface area contributed by atoms with Crippen molar-refractivity contribution < 1.29 is 14.3 Å². The molecule has 28 heavy (non-hydrogen) atoms. The number of aryl methyl sites for hydroxylation is 2. The standard InChI is InChI=1S/C20H20ClN3O4/c1-23-15-5-2-3-6-16(15)24(20(23)26)8-7-19(25)22-14-12-18-17(11-13(14)21)27-9-4-10-28-18/h2-3,5-6,11-12H,4,7-10H2,1H3,(H,22,25). The van der Waals surface area contributed by atoms with Crippen LogP contribution in [0.2, 0.25) is 5.02 Å². The Bertz CT molecular complexity index is 1100. The van der Waals surface area contributed by atoms with E-state index in [0.29, 0.717) is 35.4 Å². The van der Waals surface area contributed by atoms with E-state index < -0.39 is 0 Å². The Balaban J connectivity index is 1.49. The summed E-state index contributed by atoms with van der Waals surface area (Å²) in [5, 5.41) is 3.17. The number of benzene rings is 2. The number of halogens is 1. The molecule has 7 nitrogen and oxygen atoms in total. The van der Waals surface area contributed by atoms with Gasteiger partial charge in [-0.1, -0.05) is 23.7 Å². The molecular weight excluding hydrogens is 382 g/mol. The topological polar surface area (TPSA) is 74.5 Å². The Labute approximate surface area is 166 Å². The van der Waals surface area contributed by atoms with Crippen molar-refractivity contribution in [3.8, 4) is 11.5 Å². The van der Waals surface area contributed by atoms with Gasteiger partial charge in [0.15, 0.2) is 11.5 Å². The molecule has 1 aromatic heterocycles. The first-order chi connectivity index (χ1) is 13.5. The van der Waals surface area contributed by atoms with E-state index in [1.54, 1.807) is 28.3 Å². The number of amides is 1. The summed E-state index contributed by atoms with van der Waals surface area (Å²) in [7, 11) is 1.72. The smallest absolute Gasteiger partial charge is 0.328 e. The number of anilines is 1. The molecule has 2 heterocycles. The minimum Gasteiger partial charge on any atom is -0.490 e. The lowest BCUT2D eigenvalue weighted by Crippen LogP contribution is -2.24. The minimum atomic E-state index is -0.240. The van der Waals surface area contributed by atoms with Crippen LogP contribution in [0.4, 0.5) is 5.69 Å². The maximum Gasteiger partial charge on any atom is 0.328 e. The molecule has 0 saturated carbocycles. The summed E-state index contributed by atoms with van der Waals surface area (Å²) in [6.07, 6.45) is 0.923. The summed E-state index contributed by atoms with van der Waals surface area (Å²) in [6.45, 7) is 1.38. The van der Waals surface area contributed by atoms with Crippen LogP contribution < -0.4 is 20.5 Å². The van der Waals surface area contributed by atoms with Gasteiger partial charge in [-0.15, -0.1) is 0 Å². The lowest BCUT2D eigenvalue weighted by atomic mass is 10.2. The van der Waals surface area contributed by atoms with E-state index >= 15 is 0 Å². The second kappa shape index (κ2) is 7.59. The maximum atomic E-state index is 12.5. The molecule has 4 rings (SSSR count). The van der Waals surface area contributed by atoms with Gasteiger partial charge in [-0.2, -0.15) is 0 Å². The quantitative estimate of drug-likeness (QED) is 0.728. The third-order valence-electron chi connectivity index (χ3n) is 4.73. The maximum absolute atomic E-state index is 12.5. The molecular formula is C20H20ClN3O4. The van der Waals surface area contributed by atoms with Gasteiger partial charge in [0.1, 0.15) is 0 Å². The number of carbonyl (C=O) groups is 1. The van der Waals surface area contributed by atoms with Crippen LogP contribution in [0.15, 0.2) is 41.2 Å². The molecule has 8 heteroatoms. The van der Waals surface area contributed by atoms with E-state index in [9.17, 15) is 9.59 Å². The normalized spacial score (nSPS) is 13.4. The van der Waals surface area contributed by atoms with Crippen LogP contribution in [-0.4, -0.2) is 28.3 Å². The van der Waals surface area contributed by atoms with Gasteiger partial charge >= 0.3 is 5.69 Å². The highest BCUT2D eigenvalue weighted by atomic mass is 35.5. The first-order valence-electron chi connectivity index (χ1n) is 9.08. The Morgan fingerprint density at radius 2 is 1.82 bits per heavy atom. The summed E-state index contributed by atoms with van der Waals surface area (Å²) in [5.41, 5.74) is 1.94. The summed E-state index contributed by atoms with van der Waals surface area (Å²) in [4.78, 5) is 24.9. The van der Waals surface area contributed by atoms with Crippen molar-refractivity contribution in [1.29, 1.82) is 0 Å². The van der Waals surface area contributed by atoms with E-state index in [4.69, 9.17) is 21.1 Å². The molecule has 0 spiro atoms. The van der Waals surface area contributed by atoms with Crippen LogP contribution in [0, 0.1) is 0 Å². The van der Waals surface area contributed by atoms with E-state index in [0.717, 1.165) is 17.5 Å². The van der Waals surface area contributed by atoms with Crippen LogP contribution in [0.1, 0.15) is 12.8 Å². The van der Waals surface area contributed by atoms with Crippen LogP contribution in [0.25, 0.3) is 11.0 Å². The molecule has 0 aliphatic carbocycles. The van der Waals surface area contributed by atoms with Gasteiger partial charge < -0.3 is 14.8 Å². The number of hydrogen-bond acceptors (Lipinski definition) is 4. The SMILES string of the molecule is Cn1c(=O)n(CCC(=O)Nc2cc3c(cc2Cl)OCCCO3)c2ccccc21. The Morgan fingerprint density at radius 1 is 1.14 bits per heavy atom. The van der Waals surface area contributed by atoms with E-state index in [2.05, 4.69) is 5.32 Å². The molecule has 0 fully saturated rings. The molecule has 3 aromatic rings. The number of carbonyl (C=O) groups excluding carboxylic acids is 1. The predicted molar refractivity (Wildman–Crippen MR) is 107 cm³/mol. The highest BCUT2D eigenvalue weighted by Gasteiger charge is 2.16. The van der Waals surface area contributed by atoms with Crippen LogP contribution >= 0.6 is 11.6 Å². The zero-order valence-electron chi connectivity index (χ0n) is 15.4. The van der Waals surface area contributed by atoms with Crippen molar-refractivity contribution >= 4 is 34.2 Å². The highest BCUT2D eigenvalue weighted by molar-refractivity contribution is 6.34. The summed E-state index contributed by atoms with van der Waals surface area (Å²) >= 11 is 6.27. The van der Waals surface area contributed by atoms with E-state index in [-0.39, 0.29) is 24.6 Å². The van der Waals surface area contributed by atoms with E-state index in [1.807, 2.05) is 24.3 Å². The number of imidazole rings is 1. The molecule has 146 valence electrons. The van der Waals surface area contributed by atoms with Gasteiger partial charge in [0.25, 0.3) is 0 Å². The van der Waals surface area contributed by atoms with Crippen LogP contribution in [-0.2, 0) is 18.4 Å². The summed E-state index contributed by atoms with van der Waals surface area (Å²) in [5.74, 6) is 0.890. The average molecular weight is 402 g/mol. The zero-order valence-corrected chi connectivity index (χ0v) is 16.2. The van der Waals surface area contributed by atoms with Gasteiger partial charge in [0.05, 0.1) is 35.0 Å². The van der Waals surface area contributed by atoms with Crippen molar-refractivity contribution in [2.75, 3.05) is 18.5 Å². The van der Waals surface area contributed by atoms with Crippen molar-refractivity contribution in [2.45, 2.75) is 19.4 Å². The van der Waals surface area contributed by atoms with Gasteiger partial charge in [-0.25, -0.2) is 4.79 Å². The number of rotatable bonds is 4. The van der Waals surface area contributed by atoms with Gasteiger partial charge in [-0.3, -0.25) is 13.9 Å². The molecule has 0 unspecified atom stereocenters. The first-order valence-corrected chi connectivity index (χ1v) is 9.45. The molecule has 1 aliphatic rings. The Hall–Kier alpha value is -2.93. The Kier molecular flexibility index (Phi) is 5.00. The van der Waals surface area contributed by atoms with E-state index in [1.165, 1.54) is 0 Å². The fraction of sp³-hybridized carbons (Fsp3) is 0.300. The molecule has 0 saturated heterocycles. The third-order valence-corrected chi connectivity index (χ3v) is 5.04. The number of aromatic nitrogens is 2. The highest BCUT2D eigenvalue weighted by Crippen LogP contribution is 2.37. The van der Waals surface area contributed by atoms with Gasteiger partial charge in [-0.05, 0) is 12.1 Å². The molecule has 2 aromatic carbocycles. The molecule has 1 amide bonds. The number of nitrogens with one attached hydrogen (secondary N) is 1. The summed E-state index contributed by atoms with van der Waals surface area (Å²) in [6, 6.07) is 10.8.